The maximum Gasteiger partial charge on any atom is 0.239 e. The number of thioether (sulfide) groups is 1. The number of benzene rings is 3. The quantitative estimate of drug-likeness (QED) is 0.103. The van der Waals surface area contributed by atoms with Crippen molar-refractivity contribution >= 4 is 68.6 Å². The number of ether oxygens (including phenoxy) is 1. The van der Waals surface area contributed by atoms with Crippen LogP contribution in [0, 0.1) is 0 Å². The summed E-state index contributed by atoms with van der Waals surface area (Å²) in [4.78, 5) is 30.0. The second-order valence-corrected chi connectivity index (χ2v) is 11.1. The third-order valence-electron chi connectivity index (χ3n) is 5.70. The first-order chi connectivity index (χ1) is 18.8. The molecule has 1 amide bonds. The van der Waals surface area contributed by atoms with E-state index in [9.17, 15) is 9.59 Å². The largest absolute Gasteiger partial charge is 0.497 e. The lowest BCUT2D eigenvalue weighted by atomic mass is 10.1. The molecular formula is C29H28N4O3S3. The van der Waals surface area contributed by atoms with Gasteiger partial charge in [0, 0.05) is 32.8 Å². The van der Waals surface area contributed by atoms with E-state index in [1.165, 1.54) is 30.0 Å². The van der Waals surface area contributed by atoms with Gasteiger partial charge in [-0.1, -0.05) is 13.0 Å². The van der Waals surface area contributed by atoms with Crippen LogP contribution in [0.5, 0.6) is 5.75 Å². The average molecular weight is 577 g/mol. The van der Waals surface area contributed by atoms with Gasteiger partial charge in [0.15, 0.2) is 16.0 Å². The number of methoxy groups -OCH3 is 1. The van der Waals surface area contributed by atoms with E-state index >= 15 is 0 Å². The zero-order valence-corrected chi connectivity index (χ0v) is 24.1. The number of anilines is 3. The van der Waals surface area contributed by atoms with Gasteiger partial charge in [-0.3, -0.25) is 9.59 Å². The predicted molar refractivity (Wildman–Crippen MR) is 165 cm³/mol. The molecule has 0 saturated carbocycles. The van der Waals surface area contributed by atoms with Crippen LogP contribution >= 0.6 is 35.3 Å². The molecule has 39 heavy (non-hydrogen) atoms. The highest BCUT2D eigenvalue weighted by atomic mass is 32.2. The van der Waals surface area contributed by atoms with Gasteiger partial charge in [0.1, 0.15) is 5.75 Å². The van der Waals surface area contributed by atoms with Crippen LogP contribution in [0.15, 0.2) is 83.1 Å². The summed E-state index contributed by atoms with van der Waals surface area (Å²) < 4.78 is 5.21. The van der Waals surface area contributed by atoms with Gasteiger partial charge < -0.3 is 20.7 Å². The van der Waals surface area contributed by atoms with E-state index < -0.39 is 0 Å². The Kier molecular flexibility index (Phi) is 9.69. The molecule has 1 atom stereocenters. The Balaban J connectivity index is 1.34. The predicted octanol–water partition coefficient (Wildman–Crippen LogP) is 7.34. The third kappa shape index (κ3) is 7.89. The third-order valence-corrected chi connectivity index (χ3v) is 8.02. The Morgan fingerprint density at radius 3 is 2.38 bits per heavy atom. The fraction of sp³-hybridized carbons (Fsp3) is 0.172. The molecule has 4 aromatic rings. The molecule has 0 aliphatic heterocycles. The van der Waals surface area contributed by atoms with Crippen LogP contribution < -0.4 is 20.7 Å². The van der Waals surface area contributed by atoms with Crippen molar-refractivity contribution in [1.29, 1.82) is 0 Å². The Morgan fingerprint density at radius 2 is 1.72 bits per heavy atom. The number of ketones is 1. The highest BCUT2D eigenvalue weighted by molar-refractivity contribution is 8.00. The topological polar surface area (TPSA) is 92.3 Å². The van der Waals surface area contributed by atoms with Crippen molar-refractivity contribution in [3.63, 3.8) is 0 Å². The molecule has 0 aliphatic carbocycles. The van der Waals surface area contributed by atoms with Crippen LogP contribution in [0.3, 0.4) is 0 Å². The van der Waals surface area contributed by atoms with Crippen molar-refractivity contribution in [2.24, 2.45) is 0 Å². The van der Waals surface area contributed by atoms with E-state index in [1.807, 2.05) is 73.0 Å². The Hall–Kier alpha value is -3.73. The first-order valence-corrected chi connectivity index (χ1v) is 14.4. The Bertz CT molecular complexity index is 1450. The number of nitrogens with zero attached hydrogens (tertiary/aromatic N) is 1. The molecule has 0 fully saturated rings. The Labute approximate surface area is 241 Å². The summed E-state index contributed by atoms with van der Waals surface area (Å²) in [6.45, 7) is 3.52. The number of hydrogen-bond donors (Lipinski definition) is 3. The van der Waals surface area contributed by atoms with Crippen molar-refractivity contribution in [3.8, 4) is 17.0 Å². The lowest BCUT2D eigenvalue weighted by Crippen LogP contribution is -2.24. The van der Waals surface area contributed by atoms with Gasteiger partial charge >= 0.3 is 0 Å². The number of amides is 1. The molecule has 0 saturated heterocycles. The van der Waals surface area contributed by atoms with Crippen molar-refractivity contribution in [2.75, 3.05) is 23.1 Å². The van der Waals surface area contributed by atoms with Crippen LogP contribution in [0.25, 0.3) is 11.3 Å². The van der Waals surface area contributed by atoms with E-state index in [-0.39, 0.29) is 16.9 Å². The fourth-order valence-corrected chi connectivity index (χ4v) is 5.60. The maximum absolute atomic E-state index is 13.1. The molecule has 4 rings (SSSR count). The van der Waals surface area contributed by atoms with Gasteiger partial charge in [-0.25, -0.2) is 4.98 Å². The maximum atomic E-state index is 13.1. The summed E-state index contributed by atoms with van der Waals surface area (Å²) in [6, 6.07) is 22.5. The van der Waals surface area contributed by atoms with E-state index in [0.717, 1.165) is 33.3 Å². The number of carbonyl (C=O) groups is 2. The monoisotopic (exact) mass is 576 g/mol. The number of hydrogen-bond acceptors (Lipinski definition) is 7. The summed E-state index contributed by atoms with van der Waals surface area (Å²) in [7, 11) is 1.63. The van der Waals surface area contributed by atoms with Gasteiger partial charge in [0.25, 0.3) is 0 Å². The zero-order chi connectivity index (χ0) is 27.8. The van der Waals surface area contributed by atoms with E-state index in [2.05, 4.69) is 20.9 Å². The van der Waals surface area contributed by atoms with Crippen LogP contribution in [-0.4, -0.2) is 34.1 Å². The molecule has 1 unspecified atom stereocenters. The van der Waals surface area contributed by atoms with Crippen molar-refractivity contribution in [3.05, 3.63) is 83.7 Å². The van der Waals surface area contributed by atoms with Gasteiger partial charge in [0.2, 0.25) is 5.91 Å². The average Bonchev–Trinajstić information content (AvgIpc) is 3.40. The number of thiazole rings is 1. The second-order valence-electron chi connectivity index (χ2n) is 8.51. The van der Waals surface area contributed by atoms with Gasteiger partial charge in [-0.05, 0) is 92.3 Å². The smallest absolute Gasteiger partial charge is 0.239 e. The van der Waals surface area contributed by atoms with Crippen LogP contribution in [0.4, 0.5) is 16.5 Å². The molecular weight excluding hydrogens is 549 g/mol. The minimum Gasteiger partial charge on any atom is -0.497 e. The summed E-state index contributed by atoms with van der Waals surface area (Å²) in [5.74, 6) is 0.700. The van der Waals surface area contributed by atoms with Crippen LogP contribution in [0.2, 0.25) is 0 Å². The van der Waals surface area contributed by atoms with Crippen LogP contribution in [0.1, 0.15) is 30.6 Å². The summed E-state index contributed by atoms with van der Waals surface area (Å²) in [5, 5.41) is 11.9. The fourth-order valence-electron chi connectivity index (χ4n) is 3.63. The zero-order valence-electron chi connectivity index (χ0n) is 21.7. The van der Waals surface area contributed by atoms with Gasteiger partial charge in [-0.15, -0.1) is 23.1 Å². The highest BCUT2D eigenvalue weighted by Gasteiger charge is 2.20. The SMILES string of the molecule is CCC(Sc1cccc(NC(=S)Nc2ccc(C(C)=O)cc2)c1)C(=O)Nc1nc(-c2ccc(OC)cc2)cs1. The number of nitrogens with one attached hydrogen (secondary N) is 3. The van der Waals surface area contributed by atoms with E-state index in [0.29, 0.717) is 22.2 Å². The van der Waals surface area contributed by atoms with E-state index in [1.54, 1.807) is 19.2 Å². The molecule has 7 nitrogen and oxygen atoms in total. The van der Waals surface area contributed by atoms with Crippen molar-refractivity contribution in [1.82, 2.24) is 4.98 Å². The normalized spacial score (nSPS) is 11.4. The number of thiocarbonyl (C=S) groups is 1. The minimum absolute atomic E-state index is 0.0144. The minimum atomic E-state index is -0.293. The summed E-state index contributed by atoms with van der Waals surface area (Å²) >= 11 is 8.33. The molecule has 10 heteroatoms. The number of Topliss-reactive ketones (excluding diaryl/α,β-unsaturated/α-hetero) is 1. The van der Waals surface area contributed by atoms with Gasteiger partial charge in [-0.2, -0.15) is 0 Å². The molecule has 0 spiro atoms. The summed E-state index contributed by atoms with van der Waals surface area (Å²) in [6.07, 6.45) is 0.654. The molecule has 200 valence electrons. The van der Waals surface area contributed by atoms with E-state index in [4.69, 9.17) is 17.0 Å². The number of carbonyl (C=O) groups excluding carboxylic acids is 2. The lowest BCUT2D eigenvalue weighted by molar-refractivity contribution is -0.115. The van der Waals surface area contributed by atoms with Crippen molar-refractivity contribution < 1.29 is 14.3 Å². The van der Waals surface area contributed by atoms with Gasteiger partial charge in [0.05, 0.1) is 18.1 Å². The molecule has 1 aromatic heterocycles. The highest BCUT2D eigenvalue weighted by Crippen LogP contribution is 2.30. The number of aromatic nitrogens is 1. The standard InChI is InChI=1S/C29H28N4O3S3/c1-4-26(27(35)33-29-32-25(17-38-29)20-10-14-23(36-3)15-11-20)39-24-7-5-6-22(16-24)31-28(37)30-21-12-8-19(9-13-21)18(2)34/h5-17,26H,4H2,1-3H3,(H2,30,31,37)(H,32,33,35). The van der Waals surface area contributed by atoms with Crippen molar-refractivity contribution in [2.45, 2.75) is 30.4 Å². The Morgan fingerprint density at radius 1 is 1.00 bits per heavy atom. The first-order valence-electron chi connectivity index (χ1n) is 12.2. The number of rotatable bonds is 10. The lowest BCUT2D eigenvalue weighted by Gasteiger charge is -2.15. The first kappa shape index (κ1) is 28.3. The molecule has 0 bridgehead atoms. The molecule has 0 radical (unpaired) electrons. The summed E-state index contributed by atoms with van der Waals surface area (Å²) in [5.41, 5.74) is 3.99. The molecule has 0 aliphatic rings. The molecule has 3 N–H and O–H groups in total. The molecule has 3 aromatic carbocycles. The second kappa shape index (κ2) is 13.4. The van der Waals surface area contributed by atoms with Crippen LogP contribution in [-0.2, 0) is 4.79 Å². The molecule has 1 heterocycles.